The molecule has 5 nitrogen and oxygen atoms in total. The largest absolute Gasteiger partial charge is 0.478 e. The number of amides is 1. The van der Waals surface area contributed by atoms with E-state index in [2.05, 4.69) is 10.6 Å². The van der Waals surface area contributed by atoms with Crippen molar-refractivity contribution in [3.8, 4) is 0 Å². The number of carbonyl (C=O) groups is 2. The molecule has 19 heavy (non-hydrogen) atoms. The number of carbonyl (C=O) groups excluding carboxylic acids is 1. The molecule has 0 unspecified atom stereocenters. The Hall–Kier alpha value is -1.59. The molecule has 1 aromatic rings. The van der Waals surface area contributed by atoms with Gasteiger partial charge in [0.15, 0.2) is 0 Å². The third-order valence-electron chi connectivity index (χ3n) is 2.85. The molecule has 0 bridgehead atoms. The predicted octanol–water partition coefficient (Wildman–Crippen LogP) is 2.12. The van der Waals surface area contributed by atoms with Crippen molar-refractivity contribution in [3.05, 3.63) is 28.8 Å². The fourth-order valence-electron chi connectivity index (χ4n) is 1.64. The average Bonchev–Trinajstić information content (AvgIpc) is 3.15. The minimum absolute atomic E-state index is 0.0957. The van der Waals surface area contributed by atoms with E-state index in [4.69, 9.17) is 16.7 Å². The minimum atomic E-state index is -1.05. The Labute approximate surface area is 116 Å². The average molecular weight is 283 g/mol. The van der Waals surface area contributed by atoms with Crippen molar-refractivity contribution in [2.45, 2.75) is 25.3 Å². The van der Waals surface area contributed by atoms with E-state index in [1.165, 1.54) is 31.0 Å². The molecule has 1 amide bonds. The molecule has 0 radical (unpaired) electrons. The molecule has 0 atom stereocenters. The first-order valence-corrected chi connectivity index (χ1v) is 6.50. The van der Waals surface area contributed by atoms with Gasteiger partial charge in [0.1, 0.15) is 0 Å². The fourth-order valence-corrected chi connectivity index (χ4v) is 1.87. The smallest absolute Gasteiger partial charge is 0.335 e. The summed E-state index contributed by atoms with van der Waals surface area (Å²) in [6.07, 6.45) is 2.74. The van der Waals surface area contributed by atoms with Crippen LogP contribution in [0.2, 0.25) is 5.02 Å². The third kappa shape index (κ3) is 4.22. The van der Waals surface area contributed by atoms with Crippen LogP contribution in [0.4, 0.5) is 5.69 Å². The molecule has 0 saturated heterocycles. The van der Waals surface area contributed by atoms with Crippen molar-refractivity contribution in [2.75, 3.05) is 11.9 Å². The van der Waals surface area contributed by atoms with Crippen molar-refractivity contribution < 1.29 is 14.7 Å². The molecule has 0 aliphatic heterocycles. The molecule has 1 aliphatic carbocycles. The lowest BCUT2D eigenvalue weighted by molar-refractivity contribution is -0.116. The van der Waals surface area contributed by atoms with Gasteiger partial charge in [0.05, 0.1) is 16.3 Å². The van der Waals surface area contributed by atoms with Crippen LogP contribution in [-0.4, -0.2) is 29.6 Å². The molecule has 3 N–H and O–H groups in total. The number of rotatable bonds is 6. The van der Waals surface area contributed by atoms with Crippen LogP contribution in [0, 0.1) is 0 Å². The fraction of sp³-hybridized carbons (Fsp3) is 0.385. The van der Waals surface area contributed by atoms with Crippen LogP contribution in [0.5, 0.6) is 0 Å². The summed E-state index contributed by atoms with van der Waals surface area (Å²) in [5.41, 5.74) is 0.529. The normalized spacial score (nSPS) is 14.2. The van der Waals surface area contributed by atoms with Gasteiger partial charge in [0, 0.05) is 19.0 Å². The molecule has 1 fully saturated rings. The summed E-state index contributed by atoms with van der Waals surface area (Å²) in [6, 6.07) is 4.80. The van der Waals surface area contributed by atoms with Gasteiger partial charge in [0.25, 0.3) is 0 Å². The van der Waals surface area contributed by atoms with Gasteiger partial charge < -0.3 is 15.7 Å². The van der Waals surface area contributed by atoms with Crippen molar-refractivity contribution in [2.24, 2.45) is 0 Å². The van der Waals surface area contributed by atoms with E-state index >= 15 is 0 Å². The van der Waals surface area contributed by atoms with Gasteiger partial charge in [-0.25, -0.2) is 4.79 Å². The molecule has 1 aromatic carbocycles. The lowest BCUT2D eigenvalue weighted by atomic mass is 10.2. The predicted molar refractivity (Wildman–Crippen MR) is 72.7 cm³/mol. The van der Waals surface area contributed by atoms with Gasteiger partial charge in [-0.2, -0.15) is 0 Å². The molecule has 0 heterocycles. The zero-order chi connectivity index (χ0) is 13.8. The number of aromatic carboxylic acids is 1. The zero-order valence-electron chi connectivity index (χ0n) is 10.3. The number of halogens is 1. The lowest BCUT2D eigenvalue weighted by Crippen LogP contribution is -2.23. The third-order valence-corrected chi connectivity index (χ3v) is 3.17. The van der Waals surface area contributed by atoms with Crippen LogP contribution < -0.4 is 10.6 Å². The van der Waals surface area contributed by atoms with Crippen LogP contribution >= 0.6 is 11.6 Å². The zero-order valence-corrected chi connectivity index (χ0v) is 11.0. The highest BCUT2D eigenvalue weighted by Crippen LogP contribution is 2.23. The SMILES string of the molecule is O=C(CCNC1CC1)Nc1ccc(C(=O)O)cc1Cl. The van der Waals surface area contributed by atoms with Gasteiger partial charge in [-0.3, -0.25) is 4.79 Å². The molecule has 2 rings (SSSR count). The van der Waals surface area contributed by atoms with Gasteiger partial charge >= 0.3 is 5.97 Å². The van der Waals surface area contributed by atoms with Crippen LogP contribution in [0.3, 0.4) is 0 Å². The first-order chi connectivity index (χ1) is 9.06. The number of hydrogen-bond acceptors (Lipinski definition) is 3. The Morgan fingerprint density at radius 2 is 2.11 bits per heavy atom. The number of anilines is 1. The summed E-state index contributed by atoms with van der Waals surface area (Å²) in [5.74, 6) is -1.19. The summed E-state index contributed by atoms with van der Waals surface area (Å²) < 4.78 is 0. The Bertz CT molecular complexity index is 501. The summed E-state index contributed by atoms with van der Waals surface area (Å²) in [4.78, 5) is 22.4. The topological polar surface area (TPSA) is 78.4 Å². The Morgan fingerprint density at radius 3 is 2.68 bits per heavy atom. The van der Waals surface area contributed by atoms with Crippen molar-refractivity contribution in [1.82, 2.24) is 5.32 Å². The number of carboxylic acids is 1. The van der Waals surface area contributed by atoms with E-state index in [1.807, 2.05) is 0 Å². The number of carboxylic acid groups (broad SMARTS) is 1. The highest BCUT2D eigenvalue weighted by molar-refractivity contribution is 6.34. The quantitative estimate of drug-likeness (QED) is 0.747. The molecule has 1 saturated carbocycles. The van der Waals surface area contributed by atoms with E-state index < -0.39 is 5.97 Å². The standard InChI is InChI=1S/C13H15ClN2O3/c14-10-7-8(13(18)19)1-4-11(10)16-12(17)5-6-15-9-2-3-9/h1,4,7,9,15H,2-3,5-6H2,(H,16,17)(H,18,19). The molecule has 102 valence electrons. The Balaban J connectivity index is 1.86. The van der Waals surface area contributed by atoms with Gasteiger partial charge in [-0.05, 0) is 31.0 Å². The lowest BCUT2D eigenvalue weighted by Gasteiger charge is -2.08. The summed E-state index contributed by atoms with van der Waals surface area (Å²) >= 11 is 5.92. The highest BCUT2D eigenvalue weighted by atomic mass is 35.5. The van der Waals surface area contributed by atoms with Crippen molar-refractivity contribution in [1.29, 1.82) is 0 Å². The molecule has 0 spiro atoms. The van der Waals surface area contributed by atoms with E-state index in [9.17, 15) is 9.59 Å². The van der Waals surface area contributed by atoms with E-state index in [-0.39, 0.29) is 16.5 Å². The second-order valence-electron chi connectivity index (χ2n) is 4.53. The Kier molecular flexibility index (Phi) is 4.39. The highest BCUT2D eigenvalue weighted by Gasteiger charge is 2.20. The van der Waals surface area contributed by atoms with Crippen LogP contribution in [0.15, 0.2) is 18.2 Å². The molecule has 0 aromatic heterocycles. The van der Waals surface area contributed by atoms with Crippen molar-refractivity contribution in [3.63, 3.8) is 0 Å². The maximum absolute atomic E-state index is 11.7. The molecular weight excluding hydrogens is 268 g/mol. The van der Waals surface area contributed by atoms with Gasteiger partial charge in [0.2, 0.25) is 5.91 Å². The minimum Gasteiger partial charge on any atom is -0.478 e. The maximum atomic E-state index is 11.7. The van der Waals surface area contributed by atoms with Crippen LogP contribution in [-0.2, 0) is 4.79 Å². The van der Waals surface area contributed by atoms with Crippen LogP contribution in [0.1, 0.15) is 29.6 Å². The monoisotopic (exact) mass is 282 g/mol. The van der Waals surface area contributed by atoms with E-state index in [1.54, 1.807) is 0 Å². The first-order valence-electron chi connectivity index (χ1n) is 6.12. The van der Waals surface area contributed by atoms with Gasteiger partial charge in [-0.15, -0.1) is 0 Å². The van der Waals surface area contributed by atoms with Crippen molar-refractivity contribution >= 4 is 29.2 Å². The Morgan fingerprint density at radius 1 is 1.37 bits per heavy atom. The number of benzene rings is 1. The maximum Gasteiger partial charge on any atom is 0.335 e. The molecular formula is C13H15ClN2O3. The van der Waals surface area contributed by atoms with E-state index in [0.717, 1.165) is 0 Å². The second-order valence-corrected chi connectivity index (χ2v) is 4.93. The summed E-state index contributed by atoms with van der Waals surface area (Å²) in [6.45, 7) is 0.640. The summed E-state index contributed by atoms with van der Waals surface area (Å²) in [5, 5.41) is 14.9. The number of hydrogen-bond donors (Lipinski definition) is 3. The number of nitrogens with one attached hydrogen (secondary N) is 2. The molecule has 6 heteroatoms. The van der Waals surface area contributed by atoms with Gasteiger partial charge in [-0.1, -0.05) is 11.6 Å². The summed E-state index contributed by atoms with van der Waals surface area (Å²) in [7, 11) is 0. The second kappa shape index (κ2) is 6.04. The first kappa shape index (κ1) is 13.8. The molecule has 1 aliphatic rings. The van der Waals surface area contributed by atoms with Crippen LogP contribution in [0.25, 0.3) is 0 Å². The van der Waals surface area contributed by atoms with E-state index in [0.29, 0.717) is 24.7 Å².